The average Bonchev–Trinajstić information content (AvgIpc) is 3.49. The predicted octanol–water partition coefficient (Wildman–Crippen LogP) is 2.89. The topological polar surface area (TPSA) is 75.7 Å². The SMILES string of the molecule is CO[C@@H]1O[C@H]([C@@H]2C(=O)N3C[C@H](OCc4ccccc4)[C@@H](OCc4ccccc4)[C@H]23)[C@@H]2OC(C)(C)O[C@H]12. The fraction of sp³-hybridized carbons (Fsp3) is 0.536. The van der Waals surface area contributed by atoms with Crippen molar-refractivity contribution in [2.45, 2.75) is 75.7 Å². The molecule has 4 aliphatic rings. The van der Waals surface area contributed by atoms with E-state index in [1.54, 1.807) is 7.11 Å². The zero-order chi connectivity index (χ0) is 24.9. The molecule has 0 unspecified atom stereocenters. The van der Waals surface area contributed by atoms with Crippen LogP contribution in [0.15, 0.2) is 60.7 Å². The number of methoxy groups -OCH3 is 1. The quantitative estimate of drug-likeness (QED) is 0.522. The van der Waals surface area contributed by atoms with Crippen LogP contribution in [0.1, 0.15) is 25.0 Å². The number of amides is 1. The molecule has 0 bridgehead atoms. The molecule has 0 aliphatic carbocycles. The molecular weight excluding hydrogens is 462 g/mol. The van der Waals surface area contributed by atoms with E-state index in [2.05, 4.69) is 0 Å². The first-order chi connectivity index (χ1) is 17.4. The Bertz CT molecular complexity index is 1060. The Hall–Kier alpha value is -2.33. The summed E-state index contributed by atoms with van der Waals surface area (Å²) in [5.74, 6) is -1.14. The van der Waals surface area contributed by atoms with Crippen molar-refractivity contribution in [3.63, 3.8) is 0 Å². The van der Waals surface area contributed by atoms with E-state index in [1.165, 1.54) is 0 Å². The number of ether oxygens (including phenoxy) is 6. The van der Waals surface area contributed by atoms with Gasteiger partial charge in [-0.1, -0.05) is 60.7 Å². The largest absolute Gasteiger partial charge is 0.369 e. The number of fused-ring (bicyclic) bond motifs is 2. The van der Waals surface area contributed by atoms with Crippen molar-refractivity contribution in [3.05, 3.63) is 71.8 Å². The Morgan fingerprint density at radius 1 is 0.889 bits per heavy atom. The fourth-order valence-corrected chi connectivity index (χ4v) is 6.01. The second kappa shape index (κ2) is 9.52. The lowest BCUT2D eigenvalue weighted by Gasteiger charge is -2.47. The van der Waals surface area contributed by atoms with Gasteiger partial charge in [0.1, 0.15) is 30.5 Å². The number of nitrogens with zero attached hydrogens (tertiary/aromatic N) is 1. The summed E-state index contributed by atoms with van der Waals surface area (Å²) in [7, 11) is 1.59. The highest BCUT2D eigenvalue weighted by atomic mass is 16.8. The smallest absolute Gasteiger partial charge is 0.231 e. The maximum Gasteiger partial charge on any atom is 0.231 e. The minimum absolute atomic E-state index is 0.0351. The lowest BCUT2D eigenvalue weighted by Crippen LogP contribution is -2.66. The van der Waals surface area contributed by atoms with Gasteiger partial charge in [-0.05, 0) is 25.0 Å². The van der Waals surface area contributed by atoms with Crippen LogP contribution in [0.5, 0.6) is 0 Å². The molecule has 0 spiro atoms. The summed E-state index contributed by atoms with van der Waals surface area (Å²) in [4.78, 5) is 15.3. The van der Waals surface area contributed by atoms with Crippen LogP contribution in [0.3, 0.4) is 0 Å². The average molecular weight is 496 g/mol. The van der Waals surface area contributed by atoms with Gasteiger partial charge in [-0.3, -0.25) is 4.79 Å². The second-order valence-corrected chi connectivity index (χ2v) is 10.4. The number of carbonyl (C=O) groups is 1. The Kier molecular flexibility index (Phi) is 6.35. The molecule has 0 saturated carbocycles. The molecule has 2 aromatic carbocycles. The van der Waals surface area contributed by atoms with Gasteiger partial charge in [0.05, 0.1) is 25.2 Å². The molecule has 4 saturated heterocycles. The molecule has 4 fully saturated rings. The van der Waals surface area contributed by atoms with Crippen molar-refractivity contribution in [2.75, 3.05) is 13.7 Å². The molecule has 4 aliphatic heterocycles. The molecule has 8 nitrogen and oxygen atoms in total. The highest BCUT2D eigenvalue weighted by molar-refractivity contribution is 5.88. The molecular formula is C28H33NO7. The minimum atomic E-state index is -0.763. The van der Waals surface area contributed by atoms with E-state index in [0.29, 0.717) is 19.8 Å². The Labute approximate surface area is 211 Å². The van der Waals surface area contributed by atoms with Crippen LogP contribution < -0.4 is 0 Å². The highest BCUT2D eigenvalue weighted by Crippen LogP contribution is 2.48. The zero-order valence-electron chi connectivity index (χ0n) is 20.8. The molecule has 0 N–H and O–H groups in total. The first-order valence-electron chi connectivity index (χ1n) is 12.6. The molecule has 36 heavy (non-hydrogen) atoms. The van der Waals surface area contributed by atoms with E-state index >= 15 is 0 Å². The number of benzene rings is 2. The van der Waals surface area contributed by atoms with E-state index in [-0.39, 0.29) is 36.4 Å². The lowest BCUT2D eigenvalue weighted by atomic mass is 9.80. The van der Waals surface area contributed by atoms with Crippen molar-refractivity contribution in [3.8, 4) is 0 Å². The third-order valence-electron chi connectivity index (χ3n) is 7.60. The number of hydrogen-bond acceptors (Lipinski definition) is 7. The molecule has 0 aromatic heterocycles. The van der Waals surface area contributed by atoms with Gasteiger partial charge in [-0.25, -0.2) is 0 Å². The van der Waals surface area contributed by atoms with Crippen LogP contribution in [0, 0.1) is 5.92 Å². The predicted molar refractivity (Wildman–Crippen MR) is 129 cm³/mol. The van der Waals surface area contributed by atoms with Crippen LogP contribution in [0.2, 0.25) is 0 Å². The van der Waals surface area contributed by atoms with Crippen LogP contribution in [0.25, 0.3) is 0 Å². The van der Waals surface area contributed by atoms with E-state index in [0.717, 1.165) is 11.1 Å². The molecule has 8 heteroatoms. The summed E-state index contributed by atoms with van der Waals surface area (Å²) in [6, 6.07) is 19.9. The highest BCUT2D eigenvalue weighted by Gasteiger charge is 2.68. The summed E-state index contributed by atoms with van der Waals surface area (Å²) < 4.78 is 36.9. The van der Waals surface area contributed by atoms with Gasteiger partial charge in [-0.15, -0.1) is 0 Å². The molecule has 2 aromatic rings. The number of hydrogen-bond donors (Lipinski definition) is 0. The molecule has 6 rings (SSSR count). The zero-order valence-corrected chi connectivity index (χ0v) is 20.8. The Balaban J connectivity index is 1.23. The van der Waals surface area contributed by atoms with Crippen LogP contribution >= 0.6 is 0 Å². The molecule has 192 valence electrons. The first kappa shape index (κ1) is 24.0. The Morgan fingerprint density at radius 2 is 1.50 bits per heavy atom. The van der Waals surface area contributed by atoms with Gasteiger partial charge in [0.15, 0.2) is 12.1 Å². The van der Waals surface area contributed by atoms with Gasteiger partial charge in [-0.2, -0.15) is 0 Å². The van der Waals surface area contributed by atoms with Crippen molar-refractivity contribution < 1.29 is 33.2 Å². The van der Waals surface area contributed by atoms with Gasteiger partial charge >= 0.3 is 0 Å². The maximum absolute atomic E-state index is 13.4. The normalized spacial score (nSPS) is 36.5. The summed E-state index contributed by atoms with van der Waals surface area (Å²) in [6.07, 6.45) is -2.38. The van der Waals surface area contributed by atoms with Gasteiger partial charge in [0.25, 0.3) is 0 Å². The third-order valence-corrected chi connectivity index (χ3v) is 7.60. The summed E-state index contributed by atoms with van der Waals surface area (Å²) in [6.45, 7) is 5.13. The monoisotopic (exact) mass is 495 g/mol. The van der Waals surface area contributed by atoms with Crippen molar-refractivity contribution in [2.24, 2.45) is 5.92 Å². The number of carbonyl (C=O) groups excluding carboxylic acids is 1. The lowest BCUT2D eigenvalue weighted by molar-refractivity contribution is -0.242. The second-order valence-electron chi connectivity index (χ2n) is 10.4. The van der Waals surface area contributed by atoms with Crippen molar-refractivity contribution >= 4 is 5.91 Å². The van der Waals surface area contributed by atoms with Gasteiger partial charge < -0.3 is 33.3 Å². The molecule has 1 amide bonds. The molecule has 4 heterocycles. The minimum Gasteiger partial charge on any atom is -0.369 e. The molecule has 0 radical (unpaired) electrons. The van der Waals surface area contributed by atoms with Crippen LogP contribution in [-0.4, -0.2) is 73.1 Å². The van der Waals surface area contributed by atoms with Gasteiger partial charge in [0.2, 0.25) is 5.91 Å². The summed E-state index contributed by atoms with van der Waals surface area (Å²) in [5.41, 5.74) is 2.16. The van der Waals surface area contributed by atoms with E-state index in [1.807, 2.05) is 79.4 Å². The van der Waals surface area contributed by atoms with E-state index in [9.17, 15) is 4.79 Å². The van der Waals surface area contributed by atoms with Crippen LogP contribution in [0.4, 0.5) is 0 Å². The number of β-lactam (4-membered cyclic amide) rings is 1. The Morgan fingerprint density at radius 3 is 2.14 bits per heavy atom. The standard InChI is InChI=1S/C28H33NO7/c1-28(2)35-24-23(34-27(31-3)25(24)36-28)20-21-22(33-16-18-12-8-5-9-13-18)19(14-29(21)26(20)30)32-15-17-10-6-4-7-11-17/h4-13,19-25,27H,14-16H2,1-3H3/t19-,20+,21-,22+,23+,24-,25-,27+/m0/s1. The summed E-state index contributed by atoms with van der Waals surface area (Å²) >= 11 is 0. The van der Waals surface area contributed by atoms with Crippen molar-refractivity contribution in [1.29, 1.82) is 0 Å². The third kappa shape index (κ3) is 4.26. The van der Waals surface area contributed by atoms with Crippen molar-refractivity contribution in [1.82, 2.24) is 4.90 Å². The van der Waals surface area contributed by atoms with E-state index < -0.39 is 24.1 Å². The number of rotatable bonds is 8. The van der Waals surface area contributed by atoms with Crippen LogP contribution in [-0.2, 0) is 46.4 Å². The molecule has 8 atom stereocenters. The fourth-order valence-electron chi connectivity index (χ4n) is 6.01. The van der Waals surface area contributed by atoms with Gasteiger partial charge in [0, 0.05) is 13.7 Å². The van der Waals surface area contributed by atoms with E-state index in [4.69, 9.17) is 28.4 Å². The first-order valence-corrected chi connectivity index (χ1v) is 12.6. The summed E-state index contributed by atoms with van der Waals surface area (Å²) in [5, 5.41) is 0. The maximum atomic E-state index is 13.4.